The van der Waals surface area contributed by atoms with Crippen LogP contribution in [-0.4, -0.2) is 37.0 Å². The fourth-order valence-electron chi connectivity index (χ4n) is 4.35. The van der Waals surface area contributed by atoms with Gasteiger partial charge in [0.25, 0.3) is 5.56 Å². The first-order valence-corrected chi connectivity index (χ1v) is 13.7. The summed E-state index contributed by atoms with van der Waals surface area (Å²) in [6.45, 7) is 12.4. The largest absolute Gasteiger partial charge is 0.490 e. The fourth-order valence-corrected chi connectivity index (χ4v) is 5.39. The maximum absolute atomic E-state index is 13.9. The van der Waals surface area contributed by atoms with Gasteiger partial charge in [0.1, 0.15) is 12.4 Å². The molecule has 0 saturated carbocycles. The zero-order valence-electron chi connectivity index (χ0n) is 22.6. The first-order chi connectivity index (χ1) is 18.9. The van der Waals surface area contributed by atoms with Gasteiger partial charge in [-0.2, -0.15) is 0 Å². The van der Waals surface area contributed by atoms with Gasteiger partial charge in [0.05, 0.1) is 41.7 Å². The highest BCUT2D eigenvalue weighted by atomic mass is 32.1. The van der Waals surface area contributed by atoms with Crippen molar-refractivity contribution < 1.29 is 23.7 Å². The van der Waals surface area contributed by atoms with E-state index >= 15 is 0 Å². The van der Waals surface area contributed by atoms with Gasteiger partial charge in [-0.1, -0.05) is 42.2 Å². The number of thiazole rings is 1. The molecular formula is C30H32N2O6S. The van der Waals surface area contributed by atoms with Crippen LogP contribution in [-0.2, 0) is 9.53 Å². The van der Waals surface area contributed by atoms with Crippen molar-refractivity contribution in [2.75, 3.05) is 26.4 Å². The quantitative estimate of drug-likeness (QED) is 0.264. The summed E-state index contributed by atoms with van der Waals surface area (Å²) in [5.74, 6) is 1.28. The molecule has 0 amide bonds. The summed E-state index contributed by atoms with van der Waals surface area (Å²) in [4.78, 5) is 32.2. The maximum atomic E-state index is 13.9. The first-order valence-electron chi connectivity index (χ1n) is 12.8. The Morgan fingerprint density at radius 3 is 2.54 bits per heavy atom. The molecule has 39 heavy (non-hydrogen) atoms. The van der Waals surface area contributed by atoms with Gasteiger partial charge in [-0.3, -0.25) is 9.36 Å². The van der Waals surface area contributed by atoms with E-state index in [0.717, 1.165) is 5.56 Å². The second-order valence-corrected chi connectivity index (χ2v) is 9.56. The third kappa shape index (κ3) is 5.98. The number of nitrogens with zero attached hydrogens (tertiary/aromatic N) is 2. The Labute approximate surface area is 231 Å². The van der Waals surface area contributed by atoms with Gasteiger partial charge in [0.15, 0.2) is 16.3 Å². The predicted molar refractivity (Wildman–Crippen MR) is 151 cm³/mol. The molecule has 4 rings (SSSR count). The number of rotatable bonds is 11. The van der Waals surface area contributed by atoms with E-state index in [4.69, 9.17) is 18.9 Å². The number of aromatic nitrogens is 1. The predicted octanol–water partition coefficient (Wildman–Crippen LogP) is 4.16. The number of carbonyl (C=O) groups is 1. The Hall–Kier alpha value is -4.11. The minimum Gasteiger partial charge on any atom is -0.490 e. The van der Waals surface area contributed by atoms with E-state index in [-0.39, 0.29) is 12.2 Å². The Morgan fingerprint density at radius 1 is 1.05 bits per heavy atom. The highest BCUT2D eigenvalue weighted by Crippen LogP contribution is 2.36. The van der Waals surface area contributed by atoms with E-state index < -0.39 is 12.0 Å². The molecule has 1 aliphatic heterocycles. The third-order valence-electron chi connectivity index (χ3n) is 5.92. The van der Waals surface area contributed by atoms with Gasteiger partial charge >= 0.3 is 5.97 Å². The number of carbonyl (C=O) groups excluding carboxylic acids is 1. The molecule has 0 saturated heterocycles. The Kier molecular flexibility index (Phi) is 9.03. The van der Waals surface area contributed by atoms with Crippen LogP contribution >= 0.6 is 11.3 Å². The first kappa shape index (κ1) is 27.9. The van der Waals surface area contributed by atoms with Crippen LogP contribution in [0.1, 0.15) is 44.9 Å². The molecule has 0 N–H and O–H groups in total. The van der Waals surface area contributed by atoms with Crippen LogP contribution < -0.4 is 29.1 Å². The van der Waals surface area contributed by atoms with Crippen LogP contribution in [0.2, 0.25) is 0 Å². The molecule has 9 heteroatoms. The number of esters is 1. The number of allylic oxidation sites excluding steroid dienone is 1. The van der Waals surface area contributed by atoms with Crippen LogP contribution in [0.5, 0.6) is 17.2 Å². The second kappa shape index (κ2) is 12.6. The van der Waals surface area contributed by atoms with E-state index in [9.17, 15) is 9.59 Å². The number of hydrogen-bond acceptors (Lipinski definition) is 8. The SMILES string of the molecule is C=CCOc1cccc(/C=c2\sc3n(c2=O)[C@H](c2ccc(OCC)c(OCC)c2)C(C(=O)OCC)=C(C)N=3)c1. The summed E-state index contributed by atoms with van der Waals surface area (Å²) in [6, 6.07) is 12.2. The monoisotopic (exact) mass is 548 g/mol. The number of hydrogen-bond donors (Lipinski definition) is 0. The van der Waals surface area contributed by atoms with E-state index in [0.29, 0.717) is 63.2 Å². The minimum absolute atomic E-state index is 0.199. The maximum Gasteiger partial charge on any atom is 0.338 e. The standard InChI is InChI=1S/C30H32N2O6S/c1-6-15-38-22-12-10-11-20(16-22)17-25-28(33)32-27(21-13-14-23(35-7-2)24(18-21)36-8-3)26(29(34)37-9-4)19(5)31-30(32)39-25/h6,10-14,16-18,27H,1,7-9,15H2,2-5H3/b25-17-/t27-/m1/s1. The number of fused-ring (bicyclic) bond motifs is 1. The van der Waals surface area contributed by atoms with Gasteiger partial charge in [-0.25, -0.2) is 9.79 Å². The van der Waals surface area contributed by atoms with Gasteiger partial charge in [0, 0.05) is 0 Å². The molecule has 204 valence electrons. The molecule has 0 unspecified atom stereocenters. The summed E-state index contributed by atoms with van der Waals surface area (Å²) < 4.78 is 24.6. The van der Waals surface area contributed by atoms with Gasteiger partial charge in [-0.05, 0) is 69.2 Å². The lowest BCUT2D eigenvalue weighted by Gasteiger charge is -2.25. The molecule has 1 atom stereocenters. The van der Waals surface area contributed by atoms with E-state index in [2.05, 4.69) is 11.6 Å². The number of benzene rings is 2. The lowest BCUT2D eigenvalue weighted by molar-refractivity contribution is -0.139. The molecule has 2 heterocycles. The minimum atomic E-state index is -0.750. The van der Waals surface area contributed by atoms with Gasteiger partial charge in [-0.15, -0.1) is 0 Å². The van der Waals surface area contributed by atoms with Crippen LogP contribution in [0.3, 0.4) is 0 Å². The fraction of sp³-hybridized carbons (Fsp3) is 0.300. The van der Waals surface area contributed by atoms with E-state index in [1.807, 2.05) is 50.2 Å². The highest BCUT2D eigenvalue weighted by molar-refractivity contribution is 7.07. The average Bonchev–Trinajstić information content (AvgIpc) is 3.22. The molecule has 0 fully saturated rings. The van der Waals surface area contributed by atoms with Crippen LogP contribution in [0.25, 0.3) is 6.08 Å². The summed E-state index contributed by atoms with van der Waals surface area (Å²) >= 11 is 1.26. The van der Waals surface area contributed by atoms with Crippen molar-refractivity contribution in [1.29, 1.82) is 0 Å². The molecule has 1 aliphatic rings. The van der Waals surface area contributed by atoms with Crippen molar-refractivity contribution in [2.24, 2.45) is 4.99 Å². The third-order valence-corrected chi connectivity index (χ3v) is 6.91. The smallest absolute Gasteiger partial charge is 0.338 e. The molecular weight excluding hydrogens is 516 g/mol. The van der Waals surface area contributed by atoms with Crippen molar-refractivity contribution >= 4 is 23.4 Å². The summed E-state index contributed by atoms with van der Waals surface area (Å²) in [6.07, 6.45) is 3.47. The summed E-state index contributed by atoms with van der Waals surface area (Å²) in [7, 11) is 0. The summed E-state index contributed by atoms with van der Waals surface area (Å²) in [5, 5.41) is 0. The van der Waals surface area contributed by atoms with Gasteiger partial charge < -0.3 is 18.9 Å². The van der Waals surface area contributed by atoms with Crippen molar-refractivity contribution in [2.45, 2.75) is 33.7 Å². The topological polar surface area (TPSA) is 88.3 Å². The summed E-state index contributed by atoms with van der Waals surface area (Å²) in [5.41, 5.74) is 2.04. The Balaban J connectivity index is 1.90. The average molecular weight is 549 g/mol. The van der Waals surface area contributed by atoms with E-state index in [1.165, 1.54) is 11.3 Å². The van der Waals surface area contributed by atoms with Crippen LogP contribution in [0.4, 0.5) is 0 Å². The zero-order chi connectivity index (χ0) is 27.9. The van der Waals surface area contributed by atoms with Crippen molar-refractivity contribution in [3.63, 3.8) is 0 Å². The Bertz CT molecular complexity index is 1580. The molecule has 0 aliphatic carbocycles. The molecule has 3 aromatic rings. The molecule has 0 bridgehead atoms. The lowest BCUT2D eigenvalue weighted by Crippen LogP contribution is -2.40. The lowest BCUT2D eigenvalue weighted by atomic mass is 9.95. The molecule has 0 spiro atoms. The zero-order valence-corrected chi connectivity index (χ0v) is 23.4. The Morgan fingerprint density at radius 2 is 1.82 bits per heavy atom. The van der Waals surface area contributed by atoms with Crippen molar-refractivity contribution in [3.8, 4) is 17.2 Å². The molecule has 0 radical (unpaired) electrons. The number of ether oxygens (including phenoxy) is 4. The van der Waals surface area contributed by atoms with Crippen LogP contribution in [0, 0.1) is 0 Å². The molecule has 2 aromatic carbocycles. The molecule has 8 nitrogen and oxygen atoms in total. The van der Waals surface area contributed by atoms with Gasteiger partial charge in [0.2, 0.25) is 0 Å². The van der Waals surface area contributed by atoms with Crippen molar-refractivity contribution in [1.82, 2.24) is 4.57 Å². The normalized spacial score (nSPS) is 14.9. The van der Waals surface area contributed by atoms with Crippen molar-refractivity contribution in [3.05, 3.63) is 97.2 Å². The van der Waals surface area contributed by atoms with Crippen LogP contribution in [0.15, 0.2) is 76.2 Å². The molecule has 1 aromatic heterocycles. The highest BCUT2D eigenvalue weighted by Gasteiger charge is 2.34. The second-order valence-electron chi connectivity index (χ2n) is 8.55. The van der Waals surface area contributed by atoms with E-state index in [1.54, 1.807) is 36.6 Å².